The first kappa shape index (κ1) is 21.2. The average Bonchev–Trinajstić information content (AvgIpc) is 2.99. The molecule has 6 nitrogen and oxygen atoms in total. The summed E-state index contributed by atoms with van der Waals surface area (Å²) in [5.74, 6) is 1.20. The number of aromatic nitrogens is 1. The molecule has 1 aromatic heterocycles. The van der Waals surface area contributed by atoms with Crippen LogP contribution in [0, 0.1) is 13.8 Å². The van der Waals surface area contributed by atoms with Gasteiger partial charge in [-0.1, -0.05) is 11.6 Å². The van der Waals surface area contributed by atoms with Gasteiger partial charge >= 0.3 is 0 Å². The minimum atomic E-state index is -3.72. The Morgan fingerprint density at radius 2 is 1.69 bits per heavy atom. The van der Waals surface area contributed by atoms with Gasteiger partial charge in [-0.05, 0) is 67.9 Å². The fraction of sp³-hybridized carbons (Fsp3) is 0.238. The Bertz CT molecular complexity index is 1120. The summed E-state index contributed by atoms with van der Waals surface area (Å²) < 4.78 is 40.3. The monoisotopic (exact) mass is 434 g/mol. The number of aryl methyl sites for hydroxylation is 1. The zero-order chi connectivity index (χ0) is 21.2. The predicted molar refractivity (Wildman–Crippen MR) is 114 cm³/mol. The lowest BCUT2D eigenvalue weighted by Crippen LogP contribution is -2.23. The van der Waals surface area contributed by atoms with E-state index in [0.29, 0.717) is 5.75 Å². The SMILES string of the molecule is COc1ccc(-n2c(C)cc(CNS(=O)(=O)c3ccc(OC)c(Cl)c3)c2C)cc1. The van der Waals surface area contributed by atoms with E-state index in [1.807, 2.05) is 44.2 Å². The van der Waals surface area contributed by atoms with Crippen LogP contribution in [0.2, 0.25) is 5.02 Å². The molecule has 0 radical (unpaired) electrons. The summed E-state index contributed by atoms with van der Waals surface area (Å²) >= 11 is 6.06. The number of sulfonamides is 1. The van der Waals surface area contributed by atoms with E-state index >= 15 is 0 Å². The van der Waals surface area contributed by atoms with Crippen LogP contribution in [0.3, 0.4) is 0 Å². The van der Waals surface area contributed by atoms with E-state index in [9.17, 15) is 8.42 Å². The van der Waals surface area contributed by atoms with E-state index in [2.05, 4.69) is 9.29 Å². The van der Waals surface area contributed by atoms with Gasteiger partial charge in [0.2, 0.25) is 10.0 Å². The second kappa shape index (κ2) is 8.49. The van der Waals surface area contributed by atoms with E-state index in [1.165, 1.54) is 25.3 Å². The largest absolute Gasteiger partial charge is 0.497 e. The molecule has 29 heavy (non-hydrogen) atoms. The first-order chi connectivity index (χ1) is 13.8. The van der Waals surface area contributed by atoms with Crippen molar-refractivity contribution < 1.29 is 17.9 Å². The molecule has 3 aromatic rings. The van der Waals surface area contributed by atoms with Crippen molar-refractivity contribution in [3.05, 3.63) is 70.5 Å². The fourth-order valence-corrected chi connectivity index (χ4v) is 4.56. The van der Waals surface area contributed by atoms with Crippen molar-refractivity contribution in [2.24, 2.45) is 0 Å². The summed E-state index contributed by atoms with van der Waals surface area (Å²) in [5, 5.41) is 0.244. The highest BCUT2D eigenvalue weighted by Crippen LogP contribution is 2.27. The van der Waals surface area contributed by atoms with Crippen molar-refractivity contribution in [1.82, 2.24) is 9.29 Å². The van der Waals surface area contributed by atoms with E-state index < -0.39 is 10.0 Å². The van der Waals surface area contributed by atoms with Gasteiger partial charge in [0.15, 0.2) is 0 Å². The van der Waals surface area contributed by atoms with Crippen LogP contribution in [0.25, 0.3) is 5.69 Å². The molecule has 154 valence electrons. The highest BCUT2D eigenvalue weighted by molar-refractivity contribution is 7.89. The van der Waals surface area contributed by atoms with Crippen LogP contribution in [0.4, 0.5) is 0 Å². The molecule has 8 heteroatoms. The number of halogens is 1. The molecule has 0 aliphatic heterocycles. The maximum Gasteiger partial charge on any atom is 0.240 e. The van der Waals surface area contributed by atoms with Gasteiger partial charge in [0.1, 0.15) is 11.5 Å². The van der Waals surface area contributed by atoms with Gasteiger partial charge in [-0.15, -0.1) is 0 Å². The molecule has 0 bridgehead atoms. The van der Waals surface area contributed by atoms with Crippen LogP contribution in [0.15, 0.2) is 53.4 Å². The Kier molecular flexibility index (Phi) is 6.21. The number of benzene rings is 2. The zero-order valence-electron chi connectivity index (χ0n) is 16.7. The van der Waals surface area contributed by atoms with Gasteiger partial charge in [0, 0.05) is 23.6 Å². The van der Waals surface area contributed by atoms with Crippen molar-refractivity contribution in [1.29, 1.82) is 0 Å². The lowest BCUT2D eigenvalue weighted by atomic mass is 10.2. The number of methoxy groups -OCH3 is 2. The lowest BCUT2D eigenvalue weighted by molar-refractivity contribution is 0.414. The number of nitrogens with zero attached hydrogens (tertiary/aromatic N) is 1. The smallest absolute Gasteiger partial charge is 0.240 e. The van der Waals surface area contributed by atoms with Crippen LogP contribution in [-0.4, -0.2) is 27.2 Å². The lowest BCUT2D eigenvalue weighted by Gasteiger charge is -2.12. The van der Waals surface area contributed by atoms with Gasteiger partial charge in [-0.3, -0.25) is 0 Å². The molecule has 0 unspecified atom stereocenters. The summed E-state index contributed by atoms with van der Waals surface area (Å²) in [5.41, 5.74) is 3.84. The second-order valence-electron chi connectivity index (χ2n) is 6.55. The molecule has 0 spiro atoms. The number of ether oxygens (including phenoxy) is 2. The molecule has 1 heterocycles. The number of rotatable bonds is 7. The molecular formula is C21H23ClN2O4S. The number of hydrogen-bond donors (Lipinski definition) is 1. The molecule has 3 rings (SSSR count). The van der Waals surface area contributed by atoms with Crippen LogP contribution >= 0.6 is 11.6 Å². The normalized spacial score (nSPS) is 11.5. The Morgan fingerprint density at radius 1 is 1.00 bits per heavy atom. The maximum absolute atomic E-state index is 12.7. The Labute approximate surface area is 176 Å². The summed E-state index contributed by atoms with van der Waals surface area (Å²) in [6.45, 7) is 4.12. The van der Waals surface area contributed by atoms with Crippen molar-refractivity contribution >= 4 is 21.6 Å². The third-order valence-corrected chi connectivity index (χ3v) is 6.45. The minimum absolute atomic E-state index is 0.0901. The van der Waals surface area contributed by atoms with Gasteiger partial charge in [0.25, 0.3) is 0 Å². The third kappa shape index (κ3) is 4.42. The van der Waals surface area contributed by atoms with Gasteiger partial charge in [-0.2, -0.15) is 0 Å². The standard InChI is InChI=1S/C21H23ClN2O4S/c1-14-11-16(15(2)24(14)17-5-7-18(27-3)8-6-17)13-23-29(25,26)19-9-10-21(28-4)20(22)12-19/h5-12,23H,13H2,1-4H3. The van der Waals surface area contributed by atoms with E-state index in [4.69, 9.17) is 21.1 Å². The summed E-state index contributed by atoms with van der Waals surface area (Å²) in [4.78, 5) is 0.0901. The topological polar surface area (TPSA) is 69.6 Å². The Balaban J connectivity index is 1.83. The molecular weight excluding hydrogens is 412 g/mol. The van der Waals surface area contributed by atoms with Crippen molar-refractivity contribution in [2.75, 3.05) is 14.2 Å². The Hall–Kier alpha value is -2.48. The van der Waals surface area contributed by atoms with E-state index in [-0.39, 0.29) is 16.5 Å². The molecule has 0 atom stereocenters. The van der Waals surface area contributed by atoms with Crippen LogP contribution in [0.1, 0.15) is 17.0 Å². The van der Waals surface area contributed by atoms with Crippen LogP contribution < -0.4 is 14.2 Å². The van der Waals surface area contributed by atoms with E-state index in [0.717, 1.165) is 28.4 Å². The van der Waals surface area contributed by atoms with Gasteiger partial charge in [0.05, 0.1) is 24.1 Å². The van der Waals surface area contributed by atoms with Gasteiger partial charge < -0.3 is 14.0 Å². The summed E-state index contributed by atoms with van der Waals surface area (Å²) in [7, 11) is -0.611. The first-order valence-electron chi connectivity index (χ1n) is 8.92. The molecule has 0 saturated carbocycles. The summed E-state index contributed by atoms with van der Waals surface area (Å²) in [6.07, 6.45) is 0. The van der Waals surface area contributed by atoms with E-state index in [1.54, 1.807) is 7.11 Å². The molecule has 0 aliphatic rings. The summed E-state index contributed by atoms with van der Waals surface area (Å²) in [6, 6.07) is 14.1. The number of hydrogen-bond acceptors (Lipinski definition) is 4. The molecule has 0 amide bonds. The number of nitrogens with one attached hydrogen (secondary N) is 1. The zero-order valence-corrected chi connectivity index (χ0v) is 18.3. The van der Waals surface area contributed by atoms with Crippen molar-refractivity contribution in [3.63, 3.8) is 0 Å². The van der Waals surface area contributed by atoms with Crippen LogP contribution in [-0.2, 0) is 16.6 Å². The van der Waals surface area contributed by atoms with Crippen LogP contribution in [0.5, 0.6) is 11.5 Å². The molecule has 0 aliphatic carbocycles. The maximum atomic E-state index is 12.7. The highest BCUT2D eigenvalue weighted by Gasteiger charge is 2.18. The van der Waals surface area contributed by atoms with Gasteiger partial charge in [-0.25, -0.2) is 13.1 Å². The molecule has 2 aromatic carbocycles. The highest BCUT2D eigenvalue weighted by atomic mass is 35.5. The molecule has 1 N–H and O–H groups in total. The van der Waals surface area contributed by atoms with Crippen molar-refractivity contribution in [2.45, 2.75) is 25.3 Å². The quantitative estimate of drug-likeness (QED) is 0.603. The minimum Gasteiger partial charge on any atom is -0.497 e. The third-order valence-electron chi connectivity index (χ3n) is 4.75. The van der Waals surface area contributed by atoms with Crippen molar-refractivity contribution in [3.8, 4) is 17.2 Å². The average molecular weight is 435 g/mol. The second-order valence-corrected chi connectivity index (χ2v) is 8.72. The Morgan fingerprint density at radius 3 is 2.28 bits per heavy atom. The fourth-order valence-electron chi connectivity index (χ4n) is 3.21. The predicted octanol–water partition coefficient (Wildman–Crippen LogP) is 4.24. The molecule has 0 saturated heterocycles. The first-order valence-corrected chi connectivity index (χ1v) is 10.8. The molecule has 0 fully saturated rings.